The third-order valence-corrected chi connectivity index (χ3v) is 8.49. The minimum atomic E-state index is -0.964. The van der Waals surface area contributed by atoms with Crippen LogP contribution in [-0.4, -0.2) is 35.1 Å². The predicted molar refractivity (Wildman–Crippen MR) is 160 cm³/mol. The van der Waals surface area contributed by atoms with Crippen LogP contribution in [0.4, 0.5) is 0 Å². The highest BCUT2D eigenvalue weighted by molar-refractivity contribution is 7.12. The van der Waals surface area contributed by atoms with Gasteiger partial charge in [-0.1, -0.05) is 83.9 Å². The van der Waals surface area contributed by atoms with E-state index in [4.69, 9.17) is 11.6 Å². The highest BCUT2D eigenvalue weighted by Crippen LogP contribution is 2.52. The monoisotopic (exact) mass is 568 g/mol. The maximum Gasteiger partial charge on any atom is 0.255 e. The molecule has 0 radical (unpaired) electrons. The Morgan fingerprint density at radius 1 is 0.925 bits per heavy atom. The van der Waals surface area contributed by atoms with Crippen LogP contribution in [0.25, 0.3) is 0 Å². The molecule has 5 nitrogen and oxygen atoms in total. The Morgan fingerprint density at radius 2 is 1.62 bits per heavy atom. The standard InChI is InChI=1S/C33H29ClN2O3S/c1-3-19-35-32(38)30-27(22-15-17-25(34)18-16-22)28(31(37)26-10-7-20-40-26)29(23-8-5-4-6-9-23)36(30)33(39)24-13-11-21(2)12-14-24/h3-18,20,27-30H,1,19H2,2H3,(H,35,38). The summed E-state index contributed by atoms with van der Waals surface area (Å²) in [6.45, 7) is 5.92. The zero-order valence-corrected chi connectivity index (χ0v) is 23.6. The van der Waals surface area contributed by atoms with Crippen LogP contribution in [0.15, 0.2) is 109 Å². The second-order valence-electron chi connectivity index (χ2n) is 9.86. The van der Waals surface area contributed by atoms with Crippen LogP contribution >= 0.6 is 22.9 Å². The normalized spacial score (nSPS) is 20.2. The zero-order chi connectivity index (χ0) is 28.2. The fraction of sp³-hybridized carbons (Fsp3) is 0.182. The van der Waals surface area contributed by atoms with Gasteiger partial charge in [-0.2, -0.15) is 0 Å². The molecular formula is C33H29ClN2O3S. The number of nitrogens with zero attached hydrogens (tertiary/aromatic N) is 1. The molecule has 4 aromatic rings. The van der Waals surface area contributed by atoms with E-state index in [1.807, 2.05) is 73.0 Å². The molecule has 1 aliphatic heterocycles. The largest absolute Gasteiger partial charge is 0.351 e. The smallest absolute Gasteiger partial charge is 0.255 e. The number of hydrogen-bond acceptors (Lipinski definition) is 4. The second kappa shape index (κ2) is 12.0. The Morgan fingerprint density at radius 3 is 2.25 bits per heavy atom. The van der Waals surface area contributed by atoms with E-state index in [-0.39, 0.29) is 24.1 Å². The summed E-state index contributed by atoms with van der Waals surface area (Å²) in [5.41, 5.74) is 3.02. The van der Waals surface area contributed by atoms with Gasteiger partial charge in [-0.15, -0.1) is 17.9 Å². The predicted octanol–water partition coefficient (Wildman–Crippen LogP) is 6.86. The van der Waals surface area contributed by atoms with Gasteiger partial charge >= 0.3 is 0 Å². The molecule has 40 heavy (non-hydrogen) atoms. The van der Waals surface area contributed by atoms with Crippen LogP contribution in [-0.2, 0) is 4.79 Å². The lowest BCUT2D eigenvalue weighted by Crippen LogP contribution is -2.48. The third-order valence-electron chi connectivity index (χ3n) is 7.35. The van der Waals surface area contributed by atoms with E-state index in [2.05, 4.69) is 11.9 Å². The number of carbonyl (C=O) groups excluding carboxylic acids is 3. The van der Waals surface area contributed by atoms with E-state index in [1.54, 1.807) is 41.3 Å². The Hall–Kier alpha value is -4.00. The first-order valence-corrected chi connectivity index (χ1v) is 14.3. The van der Waals surface area contributed by atoms with Gasteiger partial charge in [0.2, 0.25) is 5.91 Å². The molecule has 1 N–H and O–H groups in total. The lowest BCUT2D eigenvalue weighted by Gasteiger charge is -2.31. The number of halogens is 1. The van der Waals surface area contributed by atoms with Crippen molar-refractivity contribution in [2.45, 2.75) is 24.9 Å². The molecule has 0 aliphatic carbocycles. The Bertz CT molecular complexity index is 1500. The number of ketones is 1. The highest BCUT2D eigenvalue weighted by Gasteiger charge is 2.57. The molecule has 202 valence electrons. The number of aryl methyl sites for hydroxylation is 1. The molecule has 0 saturated carbocycles. The summed E-state index contributed by atoms with van der Waals surface area (Å²) in [5, 5.41) is 5.32. The number of benzene rings is 3. The van der Waals surface area contributed by atoms with Crippen molar-refractivity contribution < 1.29 is 14.4 Å². The molecule has 7 heteroatoms. The van der Waals surface area contributed by atoms with E-state index in [0.29, 0.717) is 15.5 Å². The maximum absolute atomic E-state index is 14.4. The molecule has 1 saturated heterocycles. The van der Waals surface area contributed by atoms with Gasteiger partial charge in [-0.05, 0) is 53.8 Å². The minimum Gasteiger partial charge on any atom is -0.351 e. The molecule has 2 heterocycles. The summed E-state index contributed by atoms with van der Waals surface area (Å²) in [4.78, 5) is 45.0. The van der Waals surface area contributed by atoms with Crippen molar-refractivity contribution >= 4 is 40.5 Å². The number of Topliss-reactive ketones (excluding diaryl/α,β-unsaturated/α-hetero) is 1. The summed E-state index contributed by atoms with van der Waals surface area (Å²) >= 11 is 7.60. The topological polar surface area (TPSA) is 66.5 Å². The van der Waals surface area contributed by atoms with Crippen molar-refractivity contribution in [1.82, 2.24) is 10.2 Å². The van der Waals surface area contributed by atoms with Crippen LogP contribution in [0, 0.1) is 12.8 Å². The van der Waals surface area contributed by atoms with Crippen molar-refractivity contribution in [3.63, 3.8) is 0 Å². The maximum atomic E-state index is 14.4. The number of thiophene rings is 1. The molecule has 5 rings (SSSR count). The average molecular weight is 569 g/mol. The first-order chi connectivity index (χ1) is 19.4. The first-order valence-electron chi connectivity index (χ1n) is 13.1. The summed E-state index contributed by atoms with van der Waals surface area (Å²) in [6, 6.07) is 26.0. The van der Waals surface area contributed by atoms with Crippen LogP contribution in [0.1, 0.15) is 48.7 Å². The van der Waals surface area contributed by atoms with Crippen LogP contribution in [0.3, 0.4) is 0 Å². The van der Waals surface area contributed by atoms with Gasteiger partial charge in [-0.3, -0.25) is 14.4 Å². The average Bonchev–Trinajstić information content (AvgIpc) is 3.64. The van der Waals surface area contributed by atoms with Gasteiger partial charge in [0.25, 0.3) is 5.91 Å². The van der Waals surface area contributed by atoms with E-state index in [1.165, 1.54) is 11.3 Å². The Balaban J connectivity index is 1.77. The van der Waals surface area contributed by atoms with Crippen molar-refractivity contribution in [2.24, 2.45) is 5.92 Å². The molecule has 0 spiro atoms. The first kappa shape index (κ1) is 27.6. The van der Waals surface area contributed by atoms with E-state index >= 15 is 0 Å². The summed E-state index contributed by atoms with van der Waals surface area (Å²) in [7, 11) is 0. The lowest BCUT2D eigenvalue weighted by atomic mass is 9.77. The van der Waals surface area contributed by atoms with Crippen molar-refractivity contribution in [1.29, 1.82) is 0 Å². The van der Waals surface area contributed by atoms with Gasteiger partial charge in [0.1, 0.15) is 6.04 Å². The summed E-state index contributed by atoms with van der Waals surface area (Å²) < 4.78 is 0. The molecule has 1 aliphatic rings. The molecule has 4 atom stereocenters. The van der Waals surface area contributed by atoms with Gasteiger partial charge in [-0.25, -0.2) is 0 Å². The zero-order valence-electron chi connectivity index (χ0n) is 22.0. The molecular weight excluding hydrogens is 540 g/mol. The number of nitrogens with one attached hydrogen (secondary N) is 1. The fourth-order valence-corrected chi connectivity index (χ4v) is 6.40. The second-order valence-corrected chi connectivity index (χ2v) is 11.2. The van der Waals surface area contributed by atoms with Crippen LogP contribution in [0.5, 0.6) is 0 Å². The quantitative estimate of drug-likeness (QED) is 0.186. The molecule has 2 amide bonds. The van der Waals surface area contributed by atoms with Crippen LogP contribution in [0.2, 0.25) is 5.02 Å². The molecule has 0 bridgehead atoms. The fourth-order valence-electron chi connectivity index (χ4n) is 5.56. The van der Waals surface area contributed by atoms with E-state index < -0.39 is 23.9 Å². The SMILES string of the molecule is C=CCNC(=O)C1C(c2ccc(Cl)cc2)C(C(=O)c2cccs2)C(c2ccccc2)N1C(=O)c1ccc(C)cc1. The summed E-state index contributed by atoms with van der Waals surface area (Å²) in [5.74, 6) is -2.12. The number of hydrogen-bond donors (Lipinski definition) is 1. The van der Waals surface area contributed by atoms with Gasteiger partial charge < -0.3 is 10.2 Å². The number of likely N-dealkylation sites (tertiary alicyclic amines) is 1. The van der Waals surface area contributed by atoms with E-state index in [0.717, 1.165) is 16.7 Å². The third kappa shape index (κ3) is 5.37. The Kier molecular flexibility index (Phi) is 8.29. The molecule has 1 aromatic heterocycles. The van der Waals surface area contributed by atoms with Crippen molar-refractivity contribution in [3.05, 3.63) is 141 Å². The van der Waals surface area contributed by atoms with Gasteiger partial charge in [0, 0.05) is 23.0 Å². The number of amides is 2. The highest BCUT2D eigenvalue weighted by atomic mass is 35.5. The van der Waals surface area contributed by atoms with Gasteiger partial charge in [0.05, 0.1) is 16.8 Å². The van der Waals surface area contributed by atoms with Crippen LogP contribution < -0.4 is 5.32 Å². The molecule has 1 fully saturated rings. The number of carbonyl (C=O) groups is 3. The van der Waals surface area contributed by atoms with Gasteiger partial charge in [0.15, 0.2) is 5.78 Å². The van der Waals surface area contributed by atoms with E-state index in [9.17, 15) is 14.4 Å². The number of rotatable bonds is 8. The minimum absolute atomic E-state index is 0.107. The molecule has 4 unspecified atom stereocenters. The summed E-state index contributed by atoms with van der Waals surface area (Å²) in [6.07, 6.45) is 1.60. The Labute approximate surface area is 243 Å². The lowest BCUT2D eigenvalue weighted by molar-refractivity contribution is -0.125. The van der Waals surface area contributed by atoms with Crippen molar-refractivity contribution in [3.8, 4) is 0 Å². The van der Waals surface area contributed by atoms with Crippen molar-refractivity contribution in [2.75, 3.05) is 6.54 Å². The molecule has 3 aromatic carbocycles.